The fourth-order valence-electron chi connectivity index (χ4n) is 3.33. The molecule has 2 aromatic carbocycles. The average molecular weight is 505 g/mol. The average Bonchev–Trinajstić information content (AvgIpc) is 2.77. The van der Waals surface area contributed by atoms with E-state index in [4.69, 9.17) is 23.2 Å². The van der Waals surface area contributed by atoms with Gasteiger partial charge in [-0.2, -0.15) is 0 Å². The van der Waals surface area contributed by atoms with Crippen LogP contribution in [0, 0.1) is 0 Å². The number of aromatic nitrogens is 1. The molecule has 34 heavy (non-hydrogen) atoms. The Hall–Kier alpha value is -3.43. The van der Waals surface area contributed by atoms with Gasteiger partial charge in [0.2, 0.25) is 0 Å². The standard InChI is InChI=1S/C23H22Cl2N4O5/c1-11(2)29(3)20-19(21(32)22(20)33)28-16(8-17(30)31)12-4-6-13(7-5-12)27-23(34)18-14(24)9-26-10-15(18)25/h4-7,9-11,16,28H,8H2,1-3H3,(H,27,34)(H,30,31). The summed E-state index contributed by atoms with van der Waals surface area (Å²) in [4.78, 5) is 53.8. The number of carbonyl (C=O) groups is 2. The van der Waals surface area contributed by atoms with E-state index in [1.807, 2.05) is 13.8 Å². The van der Waals surface area contributed by atoms with Gasteiger partial charge in [-0.05, 0) is 31.5 Å². The summed E-state index contributed by atoms with van der Waals surface area (Å²) >= 11 is 12.0. The van der Waals surface area contributed by atoms with Crippen molar-refractivity contribution in [1.29, 1.82) is 0 Å². The maximum atomic E-state index is 12.6. The molecule has 11 heteroatoms. The Morgan fingerprint density at radius 1 is 1.06 bits per heavy atom. The monoisotopic (exact) mass is 504 g/mol. The summed E-state index contributed by atoms with van der Waals surface area (Å²) in [6.45, 7) is 3.74. The maximum absolute atomic E-state index is 12.6. The van der Waals surface area contributed by atoms with Crippen molar-refractivity contribution in [2.24, 2.45) is 0 Å². The van der Waals surface area contributed by atoms with Crippen LogP contribution < -0.4 is 26.4 Å². The molecule has 178 valence electrons. The molecular formula is C23H22Cl2N4O5. The van der Waals surface area contributed by atoms with Crippen molar-refractivity contribution in [1.82, 2.24) is 4.98 Å². The second-order valence-corrected chi connectivity index (χ2v) is 8.75. The number of nitrogens with one attached hydrogen (secondary N) is 2. The molecule has 3 rings (SSSR count). The van der Waals surface area contributed by atoms with E-state index in [1.165, 1.54) is 12.4 Å². The largest absolute Gasteiger partial charge is 0.481 e. The van der Waals surface area contributed by atoms with Crippen LogP contribution in [0.3, 0.4) is 0 Å². The topological polar surface area (TPSA) is 129 Å². The first-order valence-electron chi connectivity index (χ1n) is 10.3. The van der Waals surface area contributed by atoms with Gasteiger partial charge in [0.25, 0.3) is 16.8 Å². The van der Waals surface area contributed by atoms with Crippen LogP contribution in [0.4, 0.5) is 17.1 Å². The first kappa shape index (κ1) is 25.2. The molecule has 0 radical (unpaired) electrons. The Morgan fingerprint density at radius 3 is 2.18 bits per heavy atom. The SMILES string of the molecule is CC(C)N(C)c1c(NC(CC(=O)O)c2ccc(NC(=O)c3c(Cl)cncc3Cl)cc2)c(=O)c1=O. The number of benzene rings is 1. The Morgan fingerprint density at radius 2 is 1.65 bits per heavy atom. The Bertz CT molecular complexity index is 1280. The summed E-state index contributed by atoms with van der Waals surface area (Å²) in [6, 6.07) is 5.57. The third-order valence-corrected chi connectivity index (χ3v) is 5.93. The second-order valence-electron chi connectivity index (χ2n) is 7.94. The first-order chi connectivity index (χ1) is 16.0. The van der Waals surface area contributed by atoms with E-state index >= 15 is 0 Å². The zero-order valence-electron chi connectivity index (χ0n) is 18.6. The highest BCUT2D eigenvalue weighted by atomic mass is 35.5. The van der Waals surface area contributed by atoms with E-state index in [9.17, 15) is 24.3 Å². The molecule has 0 aliphatic carbocycles. The van der Waals surface area contributed by atoms with Gasteiger partial charge in [0, 0.05) is 31.2 Å². The number of amides is 1. The van der Waals surface area contributed by atoms with Crippen LogP contribution in [0.2, 0.25) is 10.0 Å². The number of nitrogens with zero attached hydrogens (tertiary/aromatic N) is 2. The van der Waals surface area contributed by atoms with Crippen LogP contribution in [0.25, 0.3) is 0 Å². The van der Waals surface area contributed by atoms with E-state index in [-0.39, 0.29) is 39.4 Å². The molecule has 9 nitrogen and oxygen atoms in total. The van der Waals surface area contributed by atoms with Crippen LogP contribution in [-0.4, -0.2) is 35.1 Å². The second kappa shape index (κ2) is 10.2. The van der Waals surface area contributed by atoms with Gasteiger partial charge in [-0.15, -0.1) is 0 Å². The number of hydrogen-bond donors (Lipinski definition) is 3. The van der Waals surface area contributed by atoms with Crippen molar-refractivity contribution in [3.63, 3.8) is 0 Å². The zero-order valence-corrected chi connectivity index (χ0v) is 20.1. The predicted octanol–water partition coefficient (Wildman–Crippen LogP) is 3.71. The van der Waals surface area contributed by atoms with E-state index in [0.29, 0.717) is 11.3 Å². The third kappa shape index (κ3) is 5.21. The fourth-order valence-corrected chi connectivity index (χ4v) is 3.87. The van der Waals surface area contributed by atoms with Gasteiger partial charge in [-0.3, -0.25) is 24.2 Å². The summed E-state index contributed by atoms with van der Waals surface area (Å²) in [6.07, 6.45) is 2.27. The van der Waals surface area contributed by atoms with Crippen LogP contribution in [0.15, 0.2) is 46.2 Å². The first-order valence-corrected chi connectivity index (χ1v) is 11.0. The van der Waals surface area contributed by atoms with E-state index in [1.54, 1.807) is 36.2 Å². The van der Waals surface area contributed by atoms with E-state index in [0.717, 1.165) is 0 Å². The molecule has 0 bridgehead atoms. The summed E-state index contributed by atoms with van der Waals surface area (Å²) in [5.74, 6) is -1.62. The number of rotatable bonds is 9. The van der Waals surface area contributed by atoms with Crippen molar-refractivity contribution in [3.8, 4) is 0 Å². The van der Waals surface area contributed by atoms with Gasteiger partial charge in [-0.1, -0.05) is 35.3 Å². The number of anilines is 3. The zero-order chi connectivity index (χ0) is 25.2. The molecule has 1 amide bonds. The Balaban J connectivity index is 1.83. The van der Waals surface area contributed by atoms with Crippen LogP contribution in [-0.2, 0) is 4.79 Å². The molecular weight excluding hydrogens is 483 g/mol. The van der Waals surface area contributed by atoms with Crippen molar-refractivity contribution in [2.75, 3.05) is 22.6 Å². The summed E-state index contributed by atoms with van der Waals surface area (Å²) in [7, 11) is 1.69. The van der Waals surface area contributed by atoms with E-state index in [2.05, 4.69) is 15.6 Å². The van der Waals surface area contributed by atoms with Crippen molar-refractivity contribution in [2.45, 2.75) is 32.4 Å². The summed E-state index contributed by atoms with van der Waals surface area (Å²) < 4.78 is 0. The van der Waals surface area contributed by atoms with Gasteiger partial charge < -0.3 is 20.6 Å². The van der Waals surface area contributed by atoms with Gasteiger partial charge in [0.05, 0.1) is 28.1 Å². The lowest BCUT2D eigenvalue weighted by Crippen LogP contribution is -2.44. The molecule has 1 heterocycles. The lowest BCUT2D eigenvalue weighted by atomic mass is 10.0. The number of carboxylic acids is 1. The minimum atomic E-state index is -1.09. The molecule has 1 aromatic heterocycles. The lowest BCUT2D eigenvalue weighted by Gasteiger charge is -2.29. The highest BCUT2D eigenvalue weighted by Crippen LogP contribution is 2.29. The fraction of sp³-hybridized carbons (Fsp3) is 0.261. The molecule has 0 spiro atoms. The summed E-state index contributed by atoms with van der Waals surface area (Å²) in [5.41, 5.74) is 0.0618. The number of carboxylic acid groups (broad SMARTS) is 1. The minimum Gasteiger partial charge on any atom is -0.481 e. The molecule has 3 N–H and O–H groups in total. The number of pyridine rings is 1. The van der Waals surface area contributed by atoms with Crippen LogP contribution in [0.1, 0.15) is 42.2 Å². The van der Waals surface area contributed by atoms with Crippen molar-refractivity contribution < 1.29 is 14.7 Å². The van der Waals surface area contributed by atoms with Crippen LogP contribution in [0.5, 0.6) is 0 Å². The van der Waals surface area contributed by atoms with Crippen molar-refractivity contribution >= 4 is 52.1 Å². The number of aliphatic carboxylic acids is 1. The van der Waals surface area contributed by atoms with Crippen molar-refractivity contribution in [3.05, 3.63) is 78.3 Å². The molecule has 0 aliphatic heterocycles. The lowest BCUT2D eigenvalue weighted by molar-refractivity contribution is -0.137. The van der Waals surface area contributed by atoms with Crippen LogP contribution >= 0.6 is 23.2 Å². The molecule has 3 aromatic rings. The Labute approximate surface area is 205 Å². The normalized spacial score (nSPS) is 11.9. The highest BCUT2D eigenvalue weighted by Gasteiger charge is 2.28. The number of halogens is 2. The maximum Gasteiger partial charge on any atom is 0.305 e. The quantitative estimate of drug-likeness (QED) is 0.376. The summed E-state index contributed by atoms with van der Waals surface area (Å²) in [5, 5.41) is 15.2. The van der Waals surface area contributed by atoms with Gasteiger partial charge in [0.15, 0.2) is 0 Å². The van der Waals surface area contributed by atoms with E-state index < -0.39 is 28.8 Å². The van der Waals surface area contributed by atoms with Gasteiger partial charge >= 0.3 is 5.97 Å². The Kier molecular flexibility index (Phi) is 7.58. The smallest absolute Gasteiger partial charge is 0.305 e. The predicted molar refractivity (Wildman–Crippen MR) is 132 cm³/mol. The minimum absolute atomic E-state index is 0.0351. The molecule has 0 aliphatic rings. The van der Waals surface area contributed by atoms with Gasteiger partial charge in [-0.25, -0.2) is 0 Å². The number of carbonyl (C=O) groups excluding carboxylic acids is 1. The third-order valence-electron chi connectivity index (χ3n) is 5.36. The molecule has 1 unspecified atom stereocenters. The molecule has 0 saturated carbocycles. The van der Waals surface area contributed by atoms with Gasteiger partial charge in [0.1, 0.15) is 11.4 Å². The molecule has 0 fully saturated rings. The molecule has 0 saturated heterocycles. The highest BCUT2D eigenvalue weighted by molar-refractivity contribution is 6.40. The number of hydrogen-bond acceptors (Lipinski definition) is 7. The molecule has 1 atom stereocenters.